The van der Waals surface area contributed by atoms with Crippen LogP contribution >= 0.6 is 35.3 Å². The normalized spacial score (nSPS) is 13.7. The molecule has 3 aromatic carbocycles. The standard InChI is InChI=1S/C33H30N6O5S3/c1-2-7-24(8-3-1)28-34-39-33(43-28)47-21-23-6-4-9-26(20-23)30-36-38-32(44-30)45-18-14-22-10-12-25(13-11-22)29-35-37-31(42-29)46-19-15-27-40-16-5-17-41-27/h1-4,6-13,20,27H,5,14-19,21H2. The summed E-state index contributed by atoms with van der Waals surface area (Å²) in [5, 5.41) is 26.8. The van der Waals surface area contributed by atoms with Crippen molar-refractivity contribution in [3.63, 3.8) is 0 Å². The summed E-state index contributed by atoms with van der Waals surface area (Å²) in [6.07, 6.45) is 2.44. The molecule has 0 radical (unpaired) electrons. The molecule has 1 aliphatic rings. The van der Waals surface area contributed by atoms with Gasteiger partial charge in [0.2, 0.25) is 17.7 Å². The summed E-state index contributed by atoms with van der Waals surface area (Å²) in [6, 6.07) is 25.9. The number of nitrogens with zero attached hydrogens (tertiary/aromatic N) is 6. The van der Waals surface area contributed by atoms with Crippen molar-refractivity contribution in [1.82, 2.24) is 30.6 Å². The van der Waals surface area contributed by atoms with Gasteiger partial charge in [-0.2, -0.15) is 0 Å². The van der Waals surface area contributed by atoms with Gasteiger partial charge in [0, 0.05) is 40.4 Å². The summed E-state index contributed by atoms with van der Waals surface area (Å²) in [4.78, 5) is 0. The molecule has 1 fully saturated rings. The number of hydrogen-bond acceptors (Lipinski definition) is 14. The summed E-state index contributed by atoms with van der Waals surface area (Å²) < 4.78 is 28.8. The molecule has 0 atom stereocenters. The lowest BCUT2D eigenvalue weighted by atomic mass is 10.1. The quantitative estimate of drug-likeness (QED) is 0.103. The molecule has 0 aliphatic carbocycles. The van der Waals surface area contributed by atoms with Gasteiger partial charge in [-0.15, -0.1) is 30.6 Å². The molecular formula is C33H30N6O5S3. The van der Waals surface area contributed by atoms with Crippen LogP contribution in [0.4, 0.5) is 0 Å². The molecule has 1 aliphatic heterocycles. The van der Waals surface area contributed by atoms with E-state index in [1.807, 2.05) is 66.7 Å². The average Bonchev–Trinajstić information content (AvgIpc) is 3.91. The third-order valence-electron chi connectivity index (χ3n) is 7.07. The number of aromatic nitrogens is 6. The van der Waals surface area contributed by atoms with E-state index in [4.69, 9.17) is 22.7 Å². The number of hydrogen-bond donors (Lipinski definition) is 0. The van der Waals surface area contributed by atoms with E-state index >= 15 is 0 Å². The molecule has 0 spiro atoms. The molecule has 3 aromatic heterocycles. The Kier molecular flexibility index (Phi) is 10.6. The first-order valence-electron chi connectivity index (χ1n) is 15.1. The van der Waals surface area contributed by atoms with Crippen LogP contribution in [0.1, 0.15) is 24.0 Å². The third-order valence-corrected chi connectivity index (χ3v) is 9.63. The second-order valence-electron chi connectivity index (χ2n) is 10.4. The van der Waals surface area contributed by atoms with E-state index in [0.717, 1.165) is 66.2 Å². The number of thioether (sulfide) groups is 3. The highest BCUT2D eigenvalue weighted by molar-refractivity contribution is 7.99. The van der Waals surface area contributed by atoms with Gasteiger partial charge in [0.25, 0.3) is 15.7 Å². The van der Waals surface area contributed by atoms with Gasteiger partial charge in [-0.3, -0.25) is 0 Å². The van der Waals surface area contributed by atoms with Crippen LogP contribution < -0.4 is 0 Å². The van der Waals surface area contributed by atoms with E-state index in [-0.39, 0.29) is 6.29 Å². The zero-order valence-corrected chi connectivity index (χ0v) is 27.6. The van der Waals surface area contributed by atoms with Crippen LogP contribution in [-0.4, -0.2) is 61.6 Å². The Morgan fingerprint density at radius 1 is 0.553 bits per heavy atom. The molecule has 1 saturated heterocycles. The van der Waals surface area contributed by atoms with Crippen molar-refractivity contribution in [2.75, 3.05) is 24.7 Å². The molecule has 47 heavy (non-hydrogen) atoms. The van der Waals surface area contributed by atoms with Crippen LogP contribution in [0.2, 0.25) is 0 Å². The molecule has 0 amide bonds. The van der Waals surface area contributed by atoms with Gasteiger partial charge in [-0.1, -0.05) is 77.8 Å². The van der Waals surface area contributed by atoms with Crippen LogP contribution in [0.25, 0.3) is 34.4 Å². The lowest BCUT2D eigenvalue weighted by Crippen LogP contribution is -2.25. The predicted octanol–water partition coefficient (Wildman–Crippen LogP) is 7.71. The van der Waals surface area contributed by atoms with Gasteiger partial charge < -0.3 is 22.7 Å². The Bertz CT molecular complexity index is 1860. The van der Waals surface area contributed by atoms with Gasteiger partial charge >= 0.3 is 0 Å². The summed E-state index contributed by atoms with van der Waals surface area (Å²) >= 11 is 4.53. The highest BCUT2D eigenvalue weighted by atomic mass is 32.2. The topological polar surface area (TPSA) is 135 Å². The molecule has 7 rings (SSSR count). The second kappa shape index (κ2) is 15.8. The van der Waals surface area contributed by atoms with Crippen molar-refractivity contribution in [3.05, 3.63) is 90.0 Å². The van der Waals surface area contributed by atoms with E-state index in [1.54, 1.807) is 0 Å². The number of rotatable bonds is 14. The summed E-state index contributed by atoms with van der Waals surface area (Å²) in [6.45, 7) is 1.51. The van der Waals surface area contributed by atoms with Gasteiger partial charge in [-0.05, 0) is 60.4 Å². The zero-order chi connectivity index (χ0) is 31.7. The maximum atomic E-state index is 5.97. The van der Waals surface area contributed by atoms with E-state index in [2.05, 4.69) is 42.7 Å². The van der Waals surface area contributed by atoms with E-state index in [9.17, 15) is 0 Å². The smallest absolute Gasteiger partial charge is 0.277 e. The monoisotopic (exact) mass is 686 g/mol. The Hall–Kier alpha value is -3.95. The fraction of sp³-hybridized carbons (Fsp3) is 0.273. The van der Waals surface area contributed by atoms with Crippen LogP contribution in [-0.2, 0) is 21.6 Å². The maximum Gasteiger partial charge on any atom is 0.277 e. The minimum absolute atomic E-state index is 0.141. The summed E-state index contributed by atoms with van der Waals surface area (Å²) in [7, 11) is 0. The van der Waals surface area contributed by atoms with Crippen molar-refractivity contribution in [2.45, 2.75) is 47.0 Å². The first-order chi connectivity index (χ1) is 23.2. The van der Waals surface area contributed by atoms with Gasteiger partial charge in [0.1, 0.15) is 0 Å². The summed E-state index contributed by atoms with van der Waals surface area (Å²) in [5.41, 5.74) is 4.91. The number of ether oxygens (including phenoxy) is 2. The Morgan fingerprint density at radius 2 is 1.15 bits per heavy atom. The molecule has 14 heteroatoms. The molecule has 0 N–H and O–H groups in total. The molecule has 0 bridgehead atoms. The van der Waals surface area contributed by atoms with Gasteiger partial charge in [0.05, 0.1) is 13.2 Å². The van der Waals surface area contributed by atoms with Gasteiger partial charge in [-0.25, -0.2) is 0 Å². The maximum absolute atomic E-state index is 5.97. The van der Waals surface area contributed by atoms with Crippen molar-refractivity contribution in [1.29, 1.82) is 0 Å². The Balaban J connectivity index is 0.862. The van der Waals surface area contributed by atoms with Crippen LogP contribution in [0, 0.1) is 0 Å². The van der Waals surface area contributed by atoms with E-state index in [0.29, 0.717) is 39.1 Å². The van der Waals surface area contributed by atoms with Gasteiger partial charge in [0.15, 0.2) is 6.29 Å². The highest BCUT2D eigenvalue weighted by Crippen LogP contribution is 2.29. The number of benzene rings is 3. The molecular weight excluding hydrogens is 657 g/mol. The Labute approximate surface area is 283 Å². The van der Waals surface area contributed by atoms with E-state index in [1.165, 1.54) is 40.8 Å². The van der Waals surface area contributed by atoms with Crippen LogP contribution in [0.15, 0.2) is 108 Å². The first kappa shape index (κ1) is 31.6. The first-order valence-corrected chi connectivity index (χ1v) is 18.1. The van der Waals surface area contributed by atoms with Crippen molar-refractivity contribution in [3.8, 4) is 34.4 Å². The number of aryl methyl sites for hydroxylation is 1. The minimum atomic E-state index is -0.141. The fourth-order valence-electron chi connectivity index (χ4n) is 4.69. The minimum Gasteiger partial charge on any atom is -0.411 e. The predicted molar refractivity (Wildman–Crippen MR) is 179 cm³/mol. The molecule has 0 unspecified atom stereocenters. The lowest BCUT2D eigenvalue weighted by molar-refractivity contribution is -0.178. The van der Waals surface area contributed by atoms with Crippen molar-refractivity contribution >= 4 is 35.3 Å². The molecule has 11 nitrogen and oxygen atoms in total. The fourth-order valence-corrected chi connectivity index (χ4v) is 6.87. The zero-order valence-electron chi connectivity index (χ0n) is 25.2. The third kappa shape index (κ3) is 8.70. The lowest BCUT2D eigenvalue weighted by Gasteiger charge is -2.22. The molecule has 0 saturated carbocycles. The second-order valence-corrected chi connectivity index (χ2v) is 13.5. The molecule has 6 aromatic rings. The van der Waals surface area contributed by atoms with Crippen LogP contribution in [0.3, 0.4) is 0 Å². The average molecular weight is 687 g/mol. The molecule has 240 valence electrons. The Morgan fingerprint density at radius 3 is 1.85 bits per heavy atom. The van der Waals surface area contributed by atoms with Crippen molar-refractivity contribution in [2.24, 2.45) is 0 Å². The van der Waals surface area contributed by atoms with Crippen molar-refractivity contribution < 1.29 is 22.7 Å². The summed E-state index contributed by atoms with van der Waals surface area (Å²) in [5.74, 6) is 3.75. The van der Waals surface area contributed by atoms with Crippen LogP contribution in [0.5, 0.6) is 0 Å². The van der Waals surface area contributed by atoms with E-state index < -0.39 is 0 Å². The SMILES string of the molecule is c1ccc(-c2nnc(SCc3cccc(-c4nnc(SCCc5ccc(-c6nnc(SCCC7OCCCO7)o6)cc5)o4)c3)o2)cc1. The highest BCUT2D eigenvalue weighted by Gasteiger charge is 2.16. The largest absolute Gasteiger partial charge is 0.411 e. The molecule has 4 heterocycles.